The fourth-order valence-electron chi connectivity index (χ4n) is 3.56. The van der Waals surface area contributed by atoms with Crippen molar-refractivity contribution < 1.29 is 4.74 Å². The standard InChI is InChI=1S/C20H22N8O/c1-21-13-6-15(7-13)29-19-17-16(12-4-3-5-22-8-12)10-23-18(17)26-20(27-19)25-14-9-24-28(2)11-14/h3-5,8-11,13,15,21H,6-7H2,1-2H3,(H2,23,25,26,27). The lowest BCUT2D eigenvalue weighted by molar-refractivity contribution is 0.0857. The predicted molar refractivity (Wildman–Crippen MR) is 110 cm³/mol. The summed E-state index contributed by atoms with van der Waals surface area (Å²) in [7, 11) is 3.84. The van der Waals surface area contributed by atoms with Crippen LogP contribution >= 0.6 is 0 Å². The zero-order valence-corrected chi connectivity index (χ0v) is 16.3. The lowest BCUT2D eigenvalue weighted by Crippen LogP contribution is -2.45. The molecular weight excluding hydrogens is 368 g/mol. The summed E-state index contributed by atoms with van der Waals surface area (Å²) in [4.78, 5) is 16.8. The number of aryl methyl sites for hydroxylation is 1. The normalized spacial score (nSPS) is 18.6. The minimum Gasteiger partial charge on any atom is -0.474 e. The Bertz CT molecular complexity index is 1130. The molecule has 148 valence electrons. The Balaban J connectivity index is 1.55. The summed E-state index contributed by atoms with van der Waals surface area (Å²) < 4.78 is 8.03. The lowest BCUT2D eigenvalue weighted by Gasteiger charge is -2.34. The fourth-order valence-corrected chi connectivity index (χ4v) is 3.56. The molecule has 0 spiro atoms. The minimum atomic E-state index is 0.133. The monoisotopic (exact) mass is 390 g/mol. The van der Waals surface area contributed by atoms with Crippen LogP contribution in [0.5, 0.6) is 5.88 Å². The largest absolute Gasteiger partial charge is 0.474 e. The smallest absolute Gasteiger partial charge is 0.232 e. The fraction of sp³-hybridized carbons (Fsp3) is 0.300. The third kappa shape index (κ3) is 3.40. The molecule has 1 aliphatic carbocycles. The second-order valence-corrected chi connectivity index (χ2v) is 7.24. The molecular formula is C20H22N8O. The Hall–Kier alpha value is -3.46. The van der Waals surface area contributed by atoms with E-state index in [1.54, 1.807) is 17.1 Å². The van der Waals surface area contributed by atoms with Gasteiger partial charge in [-0.1, -0.05) is 6.07 Å². The molecule has 1 saturated carbocycles. The van der Waals surface area contributed by atoms with Gasteiger partial charge in [0.1, 0.15) is 11.8 Å². The van der Waals surface area contributed by atoms with Crippen molar-refractivity contribution in [3.05, 3.63) is 43.1 Å². The van der Waals surface area contributed by atoms with E-state index in [9.17, 15) is 0 Å². The Morgan fingerprint density at radius 1 is 1.24 bits per heavy atom. The van der Waals surface area contributed by atoms with E-state index in [2.05, 4.69) is 30.7 Å². The van der Waals surface area contributed by atoms with Gasteiger partial charge in [-0.2, -0.15) is 15.1 Å². The molecule has 29 heavy (non-hydrogen) atoms. The van der Waals surface area contributed by atoms with E-state index in [1.807, 2.05) is 44.8 Å². The first-order chi connectivity index (χ1) is 14.2. The molecule has 4 aromatic rings. The summed E-state index contributed by atoms with van der Waals surface area (Å²) in [5.74, 6) is 1.03. The molecule has 0 unspecified atom stereocenters. The first kappa shape index (κ1) is 17.6. The van der Waals surface area contributed by atoms with Gasteiger partial charge in [-0.3, -0.25) is 9.67 Å². The quantitative estimate of drug-likeness (QED) is 0.465. The third-order valence-electron chi connectivity index (χ3n) is 5.21. The number of nitrogens with zero attached hydrogens (tertiary/aromatic N) is 5. The van der Waals surface area contributed by atoms with Crippen LogP contribution in [0.25, 0.3) is 22.2 Å². The van der Waals surface area contributed by atoms with Crippen LogP contribution in [0.2, 0.25) is 0 Å². The molecule has 0 bridgehead atoms. The Morgan fingerprint density at radius 2 is 2.14 bits per heavy atom. The molecule has 0 aliphatic heterocycles. The molecule has 0 radical (unpaired) electrons. The average Bonchev–Trinajstić information content (AvgIpc) is 3.31. The van der Waals surface area contributed by atoms with Crippen LogP contribution < -0.4 is 15.4 Å². The summed E-state index contributed by atoms with van der Waals surface area (Å²) in [6.07, 6.45) is 11.2. The second kappa shape index (κ2) is 7.17. The number of ether oxygens (including phenoxy) is 1. The maximum absolute atomic E-state index is 6.31. The maximum atomic E-state index is 6.31. The Labute approximate surface area is 167 Å². The van der Waals surface area contributed by atoms with Crippen molar-refractivity contribution >= 4 is 22.7 Å². The van der Waals surface area contributed by atoms with Crippen molar-refractivity contribution in [2.24, 2.45) is 7.05 Å². The van der Waals surface area contributed by atoms with Crippen LogP contribution in [0.3, 0.4) is 0 Å². The van der Waals surface area contributed by atoms with Gasteiger partial charge < -0.3 is 20.4 Å². The highest BCUT2D eigenvalue weighted by atomic mass is 16.5. The van der Waals surface area contributed by atoms with Crippen LogP contribution in [0.4, 0.5) is 11.6 Å². The van der Waals surface area contributed by atoms with Crippen molar-refractivity contribution in [1.29, 1.82) is 0 Å². The lowest BCUT2D eigenvalue weighted by atomic mass is 9.89. The van der Waals surface area contributed by atoms with E-state index in [0.717, 1.165) is 35.0 Å². The van der Waals surface area contributed by atoms with Crippen LogP contribution in [-0.2, 0) is 7.05 Å². The first-order valence-corrected chi connectivity index (χ1v) is 9.58. The van der Waals surface area contributed by atoms with Gasteiger partial charge in [0.2, 0.25) is 11.8 Å². The highest BCUT2D eigenvalue weighted by Gasteiger charge is 2.31. The molecule has 4 aromatic heterocycles. The molecule has 0 atom stereocenters. The van der Waals surface area contributed by atoms with Gasteiger partial charge >= 0.3 is 0 Å². The number of rotatable bonds is 6. The second-order valence-electron chi connectivity index (χ2n) is 7.24. The molecule has 9 heteroatoms. The SMILES string of the molecule is CNC1CC(Oc2nc(Nc3cnn(C)c3)nc3[nH]cc(-c4cccnc4)c23)C1. The van der Waals surface area contributed by atoms with Crippen LogP contribution in [0, 0.1) is 0 Å². The number of hydrogen-bond donors (Lipinski definition) is 3. The number of hydrogen-bond acceptors (Lipinski definition) is 7. The van der Waals surface area contributed by atoms with Crippen LogP contribution in [0.1, 0.15) is 12.8 Å². The number of aromatic nitrogens is 6. The number of anilines is 2. The Morgan fingerprint density at radius 3 is 2.86 bits per heavy atom. The third-order valence-corrected chi connectivity index (χ3v) is 5.21. The molecule has 4 heterocycles. The summed E-state index contributed by atoms with van der Waals surface area (Å²) in [5.41, 5.74) is 3.49. The average molecular weight is 390 g/mol. The zero-order chi connectivity index (χ0) is 19.8. The highest BCUT2D eigenvalue weighted by Crippen LogP contribution is 2.36. The molecule has 1 fully saturated rings. The van der Waals surface area contributed by atoms with E-state index in [4.69, 9.17) is 9.72 Å². The first-order valence-electron chi connectivity index (χ1n) is 9.58. The van der Waals surface area contributed by atoms with Crippen molar-refractivity contribution in [1.82, 2.24) is 35.0 Å². The van der Waals surface area contributed by atoms with Gasteiger partial charge in [0.05, 0.1) is 17.3 Å². The topological polar surface area (TPSA) is 106 Å². The van der Waals surface area contributed by atoms with E-state index < -0.39 is 0 Å². The van der Waals surface area contributed by atoms with Gasteiger partial charge in [-0.05, 0) is 26.0 Å². The number of pyridine rings is 1. The van der Waals surface area contributed by atoms with E-state index in [1.165, 1.54) is 0 Å². The maximum Gasteiger partial charge on any atom is 0.232 e. The number of aromatic amines is 1. The predicted octanol–water partition coefficient (Wildman–Crippen LogP) is 2.63. The highest BCUT2D eigenvalue weighted by molar-refractivity contribution is 5.97. The minimum absolute atomic E-state index is 0.133. The molecule has 1 aliphatic rings. The molecule has 3 N–H and O–H groups in total. The Kier molecular flexibility index (Phi) is 4.36. The van der Waals surface area contributed by atoms with Gasteiger partial charge in [-0.25, -0.2) is 0 Å². The van der Waals surface area contributed by atoms with Gasteiger partial charge in [0.25, 0.3) is 0 Å². The van der Waals surface area contributed by atoms with Crippen molar-refractivity contribution in [3.63, 3.8) is 0 Å². The van der Waals surface area contributed by atoms with E-state index in [0.29, 0.717) is 23.5 Å². The van der Waals surface area contributed by atoms with Gasteiger partial charge in [-0.15, -0.1) is 0 Å². The molecule has 0 amide bonds. The number of nitrogens with one attached hydrogen (secondary N) is 3. The molecule has 9 nitrogen and oxygen atoms in total. The van der Waals surface area contributed by atoms with E-state index in [-0.39, 0.29) is 6.10 Å². The van der Waals surface area contributed by atoms with E-state index >= 15 is 0 Å². The van der Waals surface area contributed by atoms with Crippen LogP contribution in [-0.4, -0.2) is 48.9 Å². The van der Waals surface area contributed by atoms with Crippen molar-refractivity contribution in [3.8, 4) is 17.0 Å². The molecule has 0 saturated heterocycles. The van der Waals surface area contributed by atoms with Gasteiger partial charge in [0.15, 0.2) is 0 Å². The van der Waals surface area contributed by atoms with Crippen molar-refractivity contribution in [2.75, 3.05) is 12.4 Å². The summed E-state index contributed by atoms with van der Waals surface area (Å²) >= 11 is 0. The zero-order valence-electron chi connectivity index (χ0n) is 16.3. The molecule has 0 aromatic carbocycles. The number of H-pyrrole nitrogens is 1. The van der Waals surface area contributed by atoms with Crippen LogP contribution in [0.15, 0.2) is 43.1 Å². The number of fused-ring (bicyclic) bond motifs is 1. The summed E-state index contributed by atoms with van der Waals surface area (Å²) in [5, 5.41) is 11.5. The summed E-state index contributed by atoms with van der Waals surface area (Å²) in [6, 6.07) is 4.42. The molecule has 5 rings (SSSR count). The van der Waals surface area contributed by atoms with Gasteiger partial charge in [0, 0.05) is 49.0 Å². The summed E-state index contributed by atoms with van der Waals surface area (Å²) in [6.45, 7) is 0. The van der Waals surface area contributed by atoms with Crippen molar-refractivity contribution in [2.45, 2.75) is 25.0 Å².